The van der Waals surface area contributed by atoms with Crippen molar-refractivity contribution in [2.75, 3.05) is 0 Å². The average Bonchev–Trinajstić information content (AvgIpc) is 2.32. The third-order valence-electron chi connectivity index (χ3n) is 2.21. The minimum atomic E-state index is -0.507. The maximum Gasteiger partial charge on any atom is 0.252 e. The van der Waals surface area contributed by atoms with Crippen molar-refractivity contribution in [3.8, 4) is 11.5 Å². The zero-order chi connectivity index (χ0) is 12.3. The Morgan fingerprint density at radius 2 is 1.59 bits per heavy atom. The van der Waals surface area contributed by atoms with Crippen LogP contribution in [0, 0.1) is 0 Å². The maximum atomic E-state index is 11.2. The van der Waals surface area contributed by atoms with Crippen molar-refractivity contribution in [3.63, 3.8) is 0 Å². The number of rotatable bonds is 3. The molecule has 2 aromatic carbocycles. The van der Waals surface area contributed by atoms with Gasteiger partial charge in [0.05, 0.1) is 10.0 Å². The molecule has 2 rings (SSSR count). The van der Waals surface area contributed by atoms with Crippen molar-refractivity contribution in [1.82, 2.24) is 0 Å². The Labute approximate surface area is 107 Å². The lowest BCUT2D eigenvalue weighted by Crippen LogP contribution is -2.11. The summed E-state index contributed by atoms with van der Waals surface area (Å²) in [5.74, 6) is 0.584. The topological polar surface area (TPSA) is 52.3 Å². The third-order valence-corrected chi connectivity index (χ3v) is 2.86. The van der Waals surface area contributed by atoms with Crippen LogP contribution < -0.4 is 10.5 Å². The van der Waals surface area contributed by atoms with Gasteiger partial charge in [-0.25, -0.2) is 0 Å². The molecule has 0 bridgehead atoms. The number of benzene rings is 2. The molecule has 0 radical (unpaired) electrons. The molecular formula is C13H10BrNO2. The van der Waals surface area contributed by atoms with Crippen molar-refractivity contribution in [1.29, 1.82) is 0 Å². The van der Waals surface area contributed by atoms with E-state index in [-0.39, 0.29) is 0 Å². The van der Waals surface area contributed by atoms with Gasteiger partial charge < -0.3 is 10.5 Å². The molecule has 0 aliphatic heterocycles. The first-order valence-electron chi connectivity index (χ1n) is 4.99. The molecule has 0 atom stereocenters. The Morgan fingerprint density at radius 3 is 2.24 bits per heavy atom. The molecule has 0 fully saturated rings. The first-order valence-corrected chi connectivity index (χ1v) is 5.79. The summed E-state index contributed by atoms with van der Waals surface area (Å²) in [6, 6.07) is 14.3. The van der Waals surface area contributed by atoms with Crippen LogP contribution in [0.4, 0.5) is 0 Å². The first kappa shape index (κ1) is 11.7. The van der Waals surface area contributed by atoms with E-state index < -0.39 is 5.91 Å². The van der Waals surface area contributed by atoms with Crippen LogP contribution >= 0.6 is 15.9 Å². The number of carbonyl (C=O) groups is 1. The van der Waals surface area contributed by atoms with E-state index in [1.165, 1.54) is 0 Å². The highest BCUT2D eigenvalue weighted by Gasteiger charge is 2.10. The number of para-hydroxylation sites is 2. The largest absolute Gasteiger partial charge is 0.455 e. The lowest BCUT2D eigenvalue weighted by Gasteiger charge is -2.10. The summed E-state index contributed by atoms with van der Waals surface area (Å²) in [6.07, 6.45) is 0. The SMILES string of the molecule is NC(=O)c1ccccc1Oc1ccccc1Br. The molecule has 0 aliphatic rings. The van der Waals surface area contributed by atoms with Crippen molar-refractivity contribution >= 4 is 21.8 Å². The number of amides is 1. The van der Waals surface area contributed by atoms with Crippen LogP contribution in [0.5, 0.6) is 11.5 Å². The second-order valence-electron chi connectivity index (χ2n) is 3.39. The molecule has 2 N–H and O–H groups in total. The van der Waals surface area contributed by atoms with Gasteiger partial charge in [-0.2, -0.15) is 0 Å². The quantitative estimate of drug-likeness (QED) is 0.943. The molecule has 2 aromatic rings. The van der Waals surface area contributed by atoms with Crippen LogP contribution in [-0.4, -0.2) is 5.91 Å². The van der Waals surface area contributed by atoms with Gasteiger partial charge in [0.25, 0.3) is 5.91 Å². The summed E-state index contributed by atoms with van der Waals surface area (Å²) < 4.78 is 6.47. The minimum absolute atomic E-state index is 0.364. The van der Waals surface area contributed by atoms with E-state index in [9.17, 15) is 4.79 Å². The Morgan fingerprint density at radius 1 is 1.00 bits per heavy atom. The summed E-state index contributed by atoms with van der Waals surface area (Å²) in [5, 5.41) is 0. The Bertz CT molecular complexity index is 555. The molecule has 0 unspecified atom stereocenters. The number of halogens is 1. The predicted octanol–water partition coefficient (Wildman–Crippen LogP) is 3.34. The van der Waals surface area contributed by atoms with Crippen LogP contribution in [0.2, 0.25) is 0 Å². The number of hydrogen-bond acceptors (Lipinski definition) is 2. The van der Waals surface area contributed by atoms with E-state index in [0.717, 1.165) is 4.47 Å². The monoisotopic (exact) mass is 291 g/mol. The normalized spacial score (nSPS) is 9.94. The van der Waals surface area contributed by atoms with E-state index in [0.29, 0.717) is 17.1 Å². The fourth-order valence-corrected chi connectivity index (χ4v) is 1.77. The number of hydrogen-bond donors (Lipinski definition) is 1. The lowest BCUT2D eigenvalue weighted by molar-refractivity contribution is 0.0998. The molecule has 1 amide bonds. The zero-order valence-electron chi connectivity index (χ0n) is 8.89. The number of ether oxygens (including phenoxy) is 1. The second-order valence-corrected chi connectivity index (χ2v) is 4.25. The molecule has 17 heavy (non-hydrogen) atoms. The van der Waals surface area contributed by atoms with E-state index in [2.05, 4.69) is 15.9 Å². The molecule has 0 aliphatic carbocycles. The van der Waals surface area contributed by atoms with Gasteiger partial charge in [-0.05, 0) is 40.2 Å². The van der Waals surface area contributed by atoms with Crippen molar-refractivity contribution in [2.45, 2.75) is 0 Å². The second kappa shape index (κ2) is 5.01. The van der Waals surface area contributed by atoms with E-state index in [1.807, 2.05) is 24.3 Å². The fourth-order valence-electron chi connectivity index (χ4n) is 1.41. The van der Waals surface area contributed by atoms with Gasteiger partial charge in [-0.15, -0.1) is 0 Å². The fraction of sp³-hybridized carbons (Fsp3) is 0. The van der Waals surface area contributed by atoms with Crippen LogP contribution in [0.3, 0.4) is 0 Å². The molecule has 0 saturated heterocycles. The third kappa shape index (κ3) is 2.65. The van der Waals surface area contributed by atoms with E-state index in [1.54, 1.807) is 24.3 Å². The highest BCUT2D eigenvalue weighted by atomic mass is 79.9. The Hall–Kier alpha value is -1.81. The number of primary amides is 1. The van der Waals surface area contributed by atoms with Crippen molar-refractivity contribution in [2.24, 2.45) is 5.73 Å². The van der Waals surface area contributed by atoms with Crippen LogP contribution in [0.25, 0.3) is 0 Å². The maximum absolute atomic E-state index is 11.2. The van der Waals surface area contributed by atoms with E-state index >= 15 is 0 Å². The van der Waals surface area contributed by atoms with Crippen molar-refractivity contribution < 1.29 is 9.53 Å². The molecule has 0 aromatic heterocycles. The number of nitrogens with two attached hydrogens (primary N) is 1. The summed E-state index contributed by atoms with van der Waals surface area (Å²) in [7, 11) is 0. The Kier molecular flexibility index (Phi) is 3.44. The molecule has 0 saturated carbocycles. The van der Waals surface area contributed by atoms with Gasteiger partial charge in [0, 0.05) is 0 Å². The van der Waals surface area contributed by atoms with Crippen molar-refractivity contribution in [3.05, 3.63) is 58.6 Å². The summed E-state index contributed by atoms with van der Waals surface area (Å²) >= 11 is 3.37. The van der Waals surface area contributed by atoms with Gasteiger partial charge in [-0.1, -0.05) is 24.3 Å². The predicted molar refractivity (Wildman–Crippen MR) is 69.2 cm³/mol. The lowest BCUT2D eigenvalue weighted by atomic mass is 10.2. The molecular weight excluding hydrogens is 282 g/mol. The smallest absolute Gasteiger partial charge is 0.252 e. The summed E-state index contributed by atoms with van der Waals surface area (Å²) in [6.45, 7) is 0. The van der Waals surface area contributed by atoms with Gasteiger partial charge in [-0.3, -0.25) is 4.79 Å². The van der Waals surface area contributed by atoms with Gasteiger partial charge >= 0.3 is 0 Å². The molecule has 3 nitrogen and oxygen atoms in total. The van der Waals surface area contributed by atoms with Gasteiger partial charge in [0.1, 0.15) is 11.5 Å². The van der Waals surface area contributed by atoms with Gasteiger partial charge in [0.15, 0.2) is 0 Å². The van der Waals surface area contributed by atoms with Crippen LogP contribution in [0.1, 0.15) is 10.4 Å². The molecule has 0 heterocycles. The molecule has 0 spiro atoms. The summed E-state index contributed by atoms with van der Waals surface area (Å²) in [5.41, 5.74) is 5.64. The van der Waals surface area contributed by atoms with Crippen LogP contribution in [0.15, 0.2) is 53.0 Å². The zero-order valence-corrected chi connectivity index (χ0v) is 10.5. The van der Waals surface area contributed by atoms with E-state index in [4.69, 9.17) is 10.5 Å². The molecule has 86 valence electrons. The minimum Gasteiger partial charge on any atom is -0.455 e. The average molecular weight is 292 g/mol. The first-order chi connectivity index (χ1) is 8.18. The highest BCUT2D eigenvalue weighted by molar-refractivity contribution is 9.10. The Balaban J connectivity index is 2.37. The summed E-state index contributed by atoms with van der Waals surface area (Å²) in [4.78, 5) is 11.2. The standard InChI is InChI=1S/C13H10BrNO2/c14-10-6-2-4-8-12(10)17-11-7-3-1-5-9(11)13(15)16/h1-8H,(H2,15,16). The highest BCUT2D eigenvalue weighted by Crippen LogP contribution is 2.30. The van der Waals surface area contributed by atoms with Crippen LogP contribution in [-0.2, 0) is 0 Å². The molecule has 4 heteroatoms. The van der Waals surface area contributed by atoms with Gasteiger partial charge in [0.2, 0.25) is 0 Å². The number of carbonyl (C=O) groups excluding carboxylic acids is 1.